The first-order valence-electron chi connectivity index (χ1n) is 5.93. The minimum Gasteiger partial charge on any atom is -0.486 e. The van der Waals surface area contributed by atoms with E-state index < -0.39 is 0 Å². The Morgan fingerprint density at radius 2 is 1.88 bits per heavy atom. The third-order valence-electron chi connectivity index (χ3n) is 3.37. The second kappa shape index (κ2) is 4.04. The lowest BCUT2D eigenvalue weighted by Gasteiger charge is -2.31. The number of ketones is 1. The summed E-state index contributed by atoms with van der Waals surface area (Å²) in [5.41, 5.74) is 6.40. The van der Waals surface area contributed by atoms with Crippen LogP contribution in [0.15, 0.2) is 18.2 Å². The predicted molar refractivity (Wildman–Crippen MR) is 62.5 cm³/mol. The second-order valence-corrected chi connectivity index (χ2v) is 4.65. The molecular formula is C13H15NO3. The van der Waals surface area contributed by atoms with Crippen LogP contribution < -0.4 is 15.2 Å². The molecule has 1 saturated carbocycles. The highest BCUT2D eigenvalue weighted by atomic mass is 16.6. The Labute approximate surface area is 99.7 Å². The van der Waals surface area contributed by atoms with E-state index in [1.54, 1.807) is 18.2 Å². The van der Waals surface area contributed by atoms with Crippen molar-refractivity contribution in [2.75, 3.05) is 13.2 Å². The van der Waals surface area contributed by atoms with Gasteiger partial charge in [0.25, 0.3) is 0 Å². The van der Waals surface area contributed by atoms with Crippen molar-refractivity contribution in [3.63, 3.8) is 0 Å². The summed E-state index contributed by atoms with van der Waals surface area (Å²) in [6.45, 7) is 1.11. The first-order chi connectivity index (χ1) is 8.24. The van der Waals surface area contributed by atoms with Gasteiger partial charge in [-0.05, 0) is 31.0 Å². The highest BCUT2D eigenvalue weighted by Crippen LogP contribution is 2.34. The topological polar surface area (TPSA) is 61.6 Å². The molecule has 0 radical (unpaired) electrons. The van der Waals surface area contributed by atoms with Crippen molar-refractivity contribution in [2.45, 2.75) is 18.9 Å². The third-order valence-corrected chi connectivity index (χ3v) is 3.37. The van der Waals surface area contributed by atoms with Gasteiger partial charge in [-0.2, -0.15) is 0 Å². The Morgan fingerprint density at radius 1 is 1.18 bits per heavy atom. The number of carbonyl (C=O) groups excluding carboxylic acids is 1. The van der Waals surface area contributed by atoms with Crippen LogP contribution in [0.5, 0.6) is 11.5 Å². The molecule has 90 valence electrons. The van der Waals surface area contributed by atoms with Gasteiger partial charge < -0.3 is 15.2 Å². The van der Waals surface area contributed by atoms with Gasteiger partial charge in [-0.25, -0.2) is 0 Å². The maximum Gasteiger partial charge on any atom is 0.166 e. The Hall–Kier alpha value is -1.55. The van der Waals surface area contributed by atoms with E-state index in [2.05, 4.69) is 0 Å². The van der Waals surface area contributed by atoms with Gasteiger partial charge in [0, 0.05) is 17.5 Å². The summed E-state index contributed by atoms with van der Waals surface area (Å²) in [6.07, 6.45) is 1.60. The van der Waals surface area contributed by atoms with Crippen LogP contribution >= 0.6 is 0 Å². The normalized spacial score (nSPS) is 26.2. The van der Waals surface area contributed by atoms with E-state index in [-0.39, 0.29) is 17.7 Å². The molecule has 0 saturated heterocycles. The molecular weight excluding hydrogens is 218 g/mol. The maximum absolute atomic E-state index is 12.1. The van der Waals surface area contributed by atoms with Gasteiger partial charge in [0.2, 0.25) is 0 Å². The van der Waals surface area contributed by atoms with E-state index in [1.165, 1.54) is 0 Å². The van der Waals surface area contributed by atoms with Crippen molar-refractivity contribution < 1.29 is 14.3 Å². The van der Waals surface area contributed by atoms with Gasteiger partial charge in [0.1, 0.15) is 13.2 Å². The largest absolute Gasteiger partial charge is 0.486 e. The van der Waals surface area contributed by atoms with Gasteiger partial charge in [-0.3, -0.25) is 4.79 Å². The SMILES string of the molecule is NC1CC(C(=O)c2ccc3c(c2)OCCO3)C1. The molecule has 4 heteroatoms. The van der Waals surface area contributed by atoms with Crippen LogP contribution in [-0.2, 0) is 0 Å². The number of hydrogen-bond donors (Lipinski definition) is 1. The Balaban J connectivity index is 1.81. The van der Waals surface area contributed by atoms with Crippen LogP contribution in [0.2, 0.25) is 0 Å². The summed E-state index contributed by atoms with van der Waals surface area (Å²) in [4.78, 5) is 12.1. The lowest BCUT2D eigenvalue weighted by atomic mass is 9.76. The molecule has 1 aliphatic carbocycles. The Bertz CT molecular complexity index is 452. The van der Waals surface area contributed by atoms with Crippen molar-refractivity contribution in [1.29, 1.82) is 0 Å². The molecule has 1 aliphatic heterocycles. The van der Waals surface area contributed by atoms with Crippen LogP contribution in [0, 0.1) is 5.92 Å². The number of fused-ring (bicyclic) bond motifs is 1. The number of carbonyl (C=O) groups is 1. The van der Waals surface area contributed by atoms with Gasteiger partial charge >= 0.3 is 0 Å². The van der Waals surface area contributed by atoms with E-state index in [1.807, 2.05) is 0 Å². The molecule has 0 amide bonds. The minimum atomic E-state index is 0.0903. The van der Waals surface area contributed by atoms with E-state index in [4.69, 9.17) is 15.2 Å². The van der Waals surface area contributed by atoms with Crippen LogP contribution in [0.25, 0.3) is 0 Å². The zero-order valence-electron chi connectivity index (χ0n) is 9.52. The average Bonchev–Trinajstić information content (AvgIpc) is 2.33. The first kappa shape index (κ1) is 10.6. The molecule has 1 fully saturated rings. The number of ether oxygens (including phenoxy) is 2. The molecule has 0 bridgehead atoms. The average molecular weight is 233 g/mol. The van der Waals surface area contributed by atoms with Gasteiger partial charge in [-0.15, -0.1) is 0 Å². The van der Waals surface area contributed by atoms with Crippen LogP contribution in [-0.4, -0.2) is 25.0 Å². The van der Waals surface area contributed by atoms with Crippen LogP contribution in [0.4, 0.5) is 0 Å². The molecule has 1 aromatic rings. The summed E-state index contributed by atoms with van der Waals surface area (Å²) < 4.78 is 10.9. The molecule has 17 heavy (non-hydrogen) atoms. The summed E-state index contributed by atoms with van der Waals surface area (Å²) in [7, 11) is 0. The molecule has 0 aromatic heterocycles. The maximum atomic E-state index is 12.1. The van der Waals surface area contributed by atoms with E-state index in [0.29, 0.717) is 24.5 Å². The molecule has 0 unspecified atom stereocenters. The molecule has 2 N–H and O–H groups in total. The first-order valence-corrected chi connectivity index (χ1v) is 5.93. The Kier molecular flexibility index (Phi) is 2.52. The smallest absolute Gasteiger partial charge is 0.166 e. The standard InChI is InChI=1S/C13H15NO3/c14-10-5-9(6-10)13(15)8-1-2-11-12(7-8)17-4-3-16-11/h1-2,7,9-10H,3-6,14H2. The number of nitrogens with two attached hydrogens (primary N) is 1. The fraction of sp³-hybridized carbons (Fsp3) is 0.462. The molecule has 0 atom stereocenters. The highest BCUT2D eigenvalue weighted by molar-refractivity contribution is 5.99. The van der Waals surface area contributed by atoms with E-state index >= 15 is 0 Å². The van der Waals surface area contributed by atoms with Gasteiger partial charge in [0.05, 0.1) is 0 Å². The zero-order valence-corrected chi connectivity index (χ0v) is 9.52. The molecule has 3 rings (SSSR count). The Morgan fingerprint density at radius 3 is 2.59 bits per heavy atom. The third kappa shape index (κ3) is 1.89. The molecule has 1 heterocycles. The number of rotatable bonds is 2. The van der Waals surface area contributed by atoms with Gasteiger partial charge in [0.15, 0.2) is 17.3 Å². The second-order valence-electron chi connectivity index (χ2n) is 4.65. The monoisotopic (exact) mass is 233 g/mol. The number of hydrogen-bond acceptors (Lipinski definition) is 4. The minimum absolute atomic E-state index is 0.0903. The summed E-state index contributed by atoms with van der Waals surface area (Å²) in [5.74, 6) is 1.65. The quantitative estimate of drug-likeness (QED) is 0.784. The molecule has 1 aromatic carbocycles. The molecule has 4 nitrogen and oxygen atoms in total. The summed E-state index contributed by atoms with van der Waals surface area (Å²) >= 11 is 0. The fourth-order valence-electron chi connectivity index (χ4n) is 2.31. The molecule has 2 aliphatic rings. The van der Waals surface area contributed by atoms with Crippen molar-refractivity contribution in [3.8, 4) is 11.5 Å². The predicted octanol–water partition coefficient (Wildman–Crippen LogP) is 1.38. The van der Waals surface area contributed by atoms with Crippen molar-refractivity contribution in [3.05, 3.63) is 23.8 Å². The van der Waals surface area contributed by atoms with Crippen molar-refractivity contribution >= 4 is 5.78 Å². The fourth-order valence-corrected chi connectivity index (χ4v) is 2.31. The van der Waals surface area contributed by atoms with Crippen molar-refractivity contribution in [1.82, 2.24) is 0 Å². The summed E-state index contributed by atoms with van der Waals surface area (Å²) in [5, 5.41) is 0. The van der Waals surface area contributed by atoms with Crippen LogP contribution in [0.1, 0.15) is 23.2 Å². The lowest BCUT2D eigenvalue weighted by molar-refractivity contribution is 0.0831. The van der Waals surface area contributed by atoms with Crippen LogP contribution in [0.3, 0.4) is 0 Å². The number of benzene rings is 1. The summed E-state index contributed by atoms with van der Waals surface area (Å²) in [6, 6.07) is 5.59. The van der Waals surface area contributed by atoms with E-state index in [9.17, 15) is 4.79 Å². The van der Waals surface area contributed by atoms with Crippen molar-refractivity contribution in [2.24, 2.45) is 11.7 Å². The number of Topliss-reactive ketones (excluding diaryl/α,β-unsaturated/α-hetero) is 1. The highest BCUT2D eigenvalue weighted by Gasteiger charge is 2.32. The zero-order chi connectivity index (χ0) is 11.8. The van der Waals surface area contributed by atoms with Gasteiger partial charge in [-0.1, -0.05) is 0 Å². The lowest BCUT2D eigenvalue weighted by Crippen LogP contribution is -2.40. The molecule has 0 spiro atoms. The van der Waals surface area contributed by atoms with E-state index in [0.717, 1.165) is 18.6 Å².